The number of anilines is 2. The van der Waals surface area contributed by atoms with Gasteiger partial charge in [-0.15, -0.1) is 11.3 Å². The first kappa shape index (κ1) is 25.2. The number of halogens is 1. The number of nitrogens with zero attached hydrogens (tertiary/aromatic N) is 7. The highest BCUT2D eigenvalue weighted by atomic mass is 32.1. The molecule has 1 aliphatic heterocycles. The van der Waals surface area contributed by atoms with Crippen LogP contribution < -0.4 is 5.32 Å². The van der Waals surface area contributed by atoms with E-state index in [-0.39, 0.29) is 29.5 Å². The number of carbonyl (C=O) groups excluding carboxylic acids is 1. The summed E-state index contributed by atoms with van der Waals surface area (Å²) in [4.78, 5) is 35.5. The van der Waals surface area contributed by atoms with Gasteiger partial charge in [-0.3, -0.25) is 9.69 Å². The maximum atomic E-state index is 14.7. The Balaban J connectivity index is 1.28. The Morgan fingerprint density at radius 2 is 2.05 bits per heavy atom. The van der Waals surface area contributed by atoms with Crippen molar-refractivity contribution in [1.82, 2.24) is 34.3 Å². The molecule has 0 saturated carbocycles. The molecule has 0 aromatic carbocycles. The lowest BCUT2D eigenvalue weighted by Crippen LogP contribution is -2.31. The second-order valence-corrected chi connectivity index (χ2v) is 11.0. The van der Waals surface area contributed by atoms with E-state index in [1.807, 2.05) is 25.1 Å². The van der Waals surface area contributed by atoms with Gasteiger partial charge in [0, 0.05) is 39.4 Å². The predicted octanol–water partition coefficient (Wildman–Crippen LogP) is 4.63. The number of hydrogen-bond donors (Lipinski definition) is 1. The van der Waals surface area contributed by atoms with E-state index in [9.17, 15) is 9.18 Å². The zero-order valence-electron chi connectivity index (χ0n) is 21.7. The number of pyridine rings is 1. The Hall–Kier alpha value is -3.44. The molecule has 194 valence electrons. The van der Waals surface area contributed by atoms with E-state index < -0.39 is 5.82 Å². The van der Waals surface area contributed by atoms with E-state index >= 15 is 0 Å². The van der Waals surface area contributed by atoms with Crippen LogP contribution >= 0.6 is 11.3 Å². The van der Waals surface area contributed by atoms with Crippen LogP contribution in [-0.2, 0) is 11.3 Å². The van der Waals surface area contributed by atoms with Crippen molar-refractivity contribution in [3.63, 3.8) is 0 Å². The summed E-state index contributed by atoms with van der Waals surface area (Å²) in [5.41, 5.74) is 2.13. The molecule has 1 unspecified atom stereocenters. The Labute approximate surface area is 219 Å². The van der Waals surface area contributed by atoms with Gasteiger partial charge < -0.3 is 14.8 Å². The minimum absolute atomic E-state index is 0.0579. The summed E-state index contributed by atoms with van der Waals surface area (Å²) in [6, 6.07) is 5.98. The Morgan fingerprint density at radius 1 is 1.24 bits per heavy atom. The molecular formula is C26H31FN8OS. The van der Waals surface area contributed by atoms with Crippen molar-refractivity contribution in [2.45, 2.75) is 39.8 Å². The lowest BCUT2D eigenvalue weighted by Gasteiger charge is -2.18. The first-order chi connectivity index (χ1) is 17.7. The van der Waals surface area contributed by atoms with Gasteiger partial charge in [0.2, 0.25) is 11.9 Å². The highest BCUT2D eigenvalue weighted by Gasteiger charge is 2.29. The van der Waals surface area contributed by atoms with Crippen LogP contribution in [0.15, 0.2) is 30.6 Å². The minimum Gasteiger partial charge on any atom is -0.349 e. The summed E-state index contributed by atoms with van der Waals surface area (Å²) >= 11 is 1.47. The summed E-state index contributed by atoms with van der Waals surface area (Å²) in [7, 11) is 3.60. The lowest BCUT2D eigenvalue weighted by molar-refractivity contribution is -0.132. The molecule has 0 bridgehead atoms. The molecule has 1 amide bonds. The van der Waals surface area contributed by atoms with E-state index in [1.165, 1.54) is 17.5 Å². The monoisotopic (exact) mass is 522 g/mol. The molecule has 0 radical (unpaired) electrons. The molecule has 4 aromatic heterocycles. The van der Waals surface area contributed by atoms with Gasteiger partial charge in [-0.05, 0) is 51.4 Å². The second kappa shape index (κ2) is 10.1. The molecule has 4 aromatic rings. The van der Waals surface area contributed by atoms with Crippen LogP contribution in [0.1, 0.15) is 37.7 Å². The quantitative estimate of drug-likeness (QED) is 0.378. The summed E-state index contributed by atoms with van der Waals surface area (Å²) in [6.45, 7) is 8.57. The van der Waals surface area contributed by atoms with Crippen LogP contribution in [0.2, 0.25) is 0 Å². The van der Waals surface area contributed by atoms with Gasteiger partial charge in [-0.1, -0.05) is 6.07 Å². The molecular weight excluding hydrogens is 491 g/mol. The fraction of sp³-hybridized carbons (Fsp3) is 0.423. The van der Waals surface area contributed by atoms with Crippen molar-refractivity contribution >= 4 is 39.4 Å². The molecule has 1 N–H and O–H groups in total. The lowest BCUT2D eigenvalue weighted by atomic mass is 10.1. The Kier molecular flexibility index (Phi) is 6.91. The first-order valence-corrected chi connectivity index (χ1v) is 13.2. The van der Waals surface area contributed by atoms with E-state index in [2.05, 4.69) is 48.6 Å². The number of carbonyl (C=O) groups is 1. The van der Waals surface area contributed by atoms with Crippen molar-refractivity contribution in [1.29, 1.82) is 0 Å². The van der Waals surface area contributed by atoms with E-state index in [1.54, 1.807) is 25.2 Å². The third-order valence-electron chi connectivity index (χ3n) is 6.57. The topological polar surface area (TPSA) is 92.1 Å². The Morgan fingerprint density at radius 3 is 2.76 bits per heavy atom. The van der Waals surface area contributed by atoms with E-state index in [0.29, 0.717) is 10.7 Å². The molecule has 1 aliphatic rings. The number of imidazole rings is 1. The van der Waals surface area contributed by atoms with Gasteiger partial charge in [0.1, 0.15) is 27.7 Å². The summed E-state index contributed by atoms with van der Waals surface area (Å²) in [5.74, 6) is 1.55. The zero-order chi connectivity index (χ0) is 26.3. The highest BCUT2D eigenvalue weighted by Crippen LogP contribution is 2.36. The molecule has 0 spiro atoms. The largest absolute Gasteiger partial charge is 0.349 e. The number of hydrogen-bond acceptors (Lipinski definition) is 8. The zero-order valence-corrected chi connectivity index (χ0v) is 22.5. The smallest absolute Gasteiger partial charge is 0.229 e. The average Bonchev–Trinajstić information content (AvgIpc) is 3.55. The van der Waals surface area contributed by atoms with Crippen molar-refractivity contribution in [3.8, 4) is 10.6 Å². The number of nitrogens with one attached hydrogen (secondary N) is 1. The number of likely N-dealkylation sites (tertiary alicyclic amines) is 1. The number of aryl methyl sites for hydroxylation is 1. The van der Waals surface area contributed by atoms with E-state index in [4.69, 9.17) is 0 Å². The maximum absolute atomic E-state index is 14.7. The van der Waals surface area contributed by atoms with Crippen molar-refractivity contribution < 1.29 is 9.18 Å². The van der Waals surface area contributed by atoms with E-state index in [0.717, 1.165) is 47.8 Å². The molecule has 1 fully saturated rings. The van der Waals surface area contributed by atoms with Crippen molar-refractivity contribution in [2.75, 3.05) is 32.5 Å². The number of amides is 1. The molecule has 5 heterocycles. The third kappa shape index (κ3) is 5.19. The average molecular weight is 523 g/mol. The molecule has 11 heteroatoms. The molecule has 0 aliphatic carbocycles. The summed E-state index contributed by atoms with van der Waals surface area (Å²) in [6.07, 6.45) is 3.86. The number of thiophene rings is 1. The van der Waals surface area contributed by atoms with Crippen LogP contribution in [-0.4, -0.2) is 67.4 Å². The fourth-order valence-corrected chi connectivity index (χ4v) is 6.10. The standard InChI is InChI=1S/C26H31FN8OS/c1-15(2)35-16(3)30-20-10-21(37-25(20)35)23-19(27)12-29-26(32-23)31-22-7-6-17(11-28-22)13-34-9-8-18(14-34)24(36)33(4)5/h6-7,10-12,15,18H,8-9,13-14H2,1-5H3,(H,28,29,31,32). The minimum atomic E-state index is -0.484. The molecule has 5 rings (SSSR count). The second-order valence-electron chi connectivity index (χ2n) is 9.94. The van der Waals surface area contributed by atoms with Crippen molar-refractivity contribution in [2.24, 2.45) is 5.92 Å². The maximum Gasteiger partial charge on any atom is 0.229 e. The van der Waals surface area contributed by atoms with Crippen LogP contribution in [0.5, 0.6) is 0 Å². The summed E-state index contributed by atoms with van der Waals surface area (Å²) < 4.78 is 16.9. The van der Waals surface area contributed by atoms with Gasteiger partial charge in [0.25, 0.3) is 0 Å². The third-order valence-corrected chi connectivity index (χ3v) is 7.70. The van der Waals surface area contributed by atoms with Gasteiger partial charge >= 0.3 is 0 Å². The van der Waals surface area contributed by atoms with Gasteiger partial charge in [0.15, 0.2) is 5.82 Å². The van der Waals surface area contributed by atoms with Gasteiger partial charge in [-0.2, -0.15) is 0 Å². The normalized spacial score (nSPS) is 16.1. The predicted molar refractivity (Wildman–Crippen MR) is 143 cm³/mol. The van der Waals surface area contributed by atoms with Crippen LogP contribution in [0.4, 0.5) is 16.2 Å². The van der Waals surface area contributed by atoms with Gasteiger partial charge in [-0.25, -0.2) is 24.3 Å². The van der Waals surface area contributed by atoms with Crippen molar-refractivity contribution in [3.05, 3.63) is 47.8 Å². The van der Waals surface area contributed by atoms with Crippen LogP contribution in [0.3, 0.4) is 0 Å². The molecule has 37 heavy (non-hydrogen) atoms. The van der Waals surface area contributed by atoms with Gasteiger partial charge in [0.05, 0.1) is 17.0 Å². The number of fused-ring (bicyclic) bond motifs is 1. The number of aromatic nitrogens is 5. The fourth-order valence-electron chi connectivity index (χ4n) is 4.83. The molecule has 1 atom stereocenters. The number of rotatable bonds is 7. The first-order valence-electron chi connectivity index (χ1n) is 12.4. The molecule has 9 nitrogen and oxygen atoms in total. The molecule has 1 saturated heterocycles. The highest BCUT2D eigenvalue weighted by molar-refractivity contribution is 7.21. The SMILES string of the molecule is Cc1nc2cc(-c3nc(Nc4ccc(CN5CCC(C(=O)N(C)C)C5)cn4)ncc3F)sc2n1C(C)C. The van der Waals surface area contributed by atoms with Crippen LogP contribution in [0.25, 0.3) is 20.9 Å². The Bertz CT molecular complexity index is 1430. The summed E-state index contributed by atoms with van der Waals surface area (Å²) in [5, 5.41) is 3.08. The van der Waals surface area contributed by atoms with Crippen LogP contribution in [0, 0.1) is 18.7 Å².